The molecule has 8 nitrogen and oxygen atoms in total. The molecular weight excluding hydrogens is 512 g/mol. The lowest BCUT2D eigenvalue weighted by Gasteiger charge is -2.08. The fourth-order valence-corrected chi connectivity index (χ4v) is 4.92. The third kappa shape index (κ3) is 7.24. The van der Waals surface area contributed by atoms with Crippen LogP contribution in [0.15, 0.2) is 117 Å². The van der Waals surface area contributed by atoms with Crippen molar-refractivity contribution in [3.05, 3.63) is 108 Å². The van der Waals surface area contributed by atoms with E-state index in [1.165, 1.54) is 0 Å². The number of ether oxygens (including phenoxy) is 2. The van der Waals surface area contributed by atoms with Gasteiger partial charge < -0.3 is 9.47 Å². The number of para-hydroxylation sites is 2. The van der Waals surface area contributed by atoms with Crippen LogP contribution in [-0.2, 0) is 9.84 Å². The van der Waals surface area contributed by atoms with E-state index in [1.807, 2.05) is 62.4 Å². The molecule has 0 aliphatic heterocycles. The van der Waals surface area contributed by atoms with E-state index in [0.717, 1.165) is 22.6 Å². The SMILES string of the molecule is CCOc1ccccc1C=NNc1ccc(S(=O)(=O)c2ccc(NN=Cc3ccccc3OCC)cc2)cc1. The second-order valence-corrected chi connectivity index (χ2v) is 10.2. The molecule has 4 aromatic rings. The van der Waals surface area contributed by atoms with Gasteiger partial charge in [0.15, 0.2) is 0 Å². The molecule has 39 heavy (non-hydrogen) atoms. The van der Waals surface area contributed by atoms with Gasteiger partial charge in [-0.1, -0.05) is 24.3 Å². The lowest BCUT2D eigenvalue weighted by molar-refractivity contribution is 0.339. The third-order valence-corrected chi connectivity index (χ3v) is 7.35. The summed E-state index contributed by atoms with van der Waals surface area (Å²) >= 11 is 0. The minimum absolute atomic E-state index is 0.185. The highest BCUT2D eigenvalue weighted by Crippen LogP contribution is 2.24. The number of hydrogen-bond acceptors (Lipinski definition) is 8. The molecule has 4 rings (SSSR count). The number of rotatable bonds is 12. The zero-order valence-electron chi connectivity index (χ0n) is 21.7. The van der Waals surface area contributed by atoms with E-state index in [2.05, 4.69) is 21.1 Å². The van der Waals surface area contributed by atoms with Gasteiger partial charge in [-0.3, -0.25) is 10.9 Å². The van der Waals surface area contributed by atoms with E-state index < -0.39 is 9.84 Å². The van der Waals surface area contributed by atoms with Crippen LogP contribution < -0.4 is 20.3 Å². The molecule has 0 aromatic heterocycles. The van der Waals surface area contributed by atoms with Gasteiger partial charge >= 0.3 is 0 Å². The Kier molecular flexibility index (Phi) is 9.31. The number of anilines is 2. The van der Waals surface area contributed by atoms with Crippen molar-refractivity contribution >= 4 is 33.6 Å². The molecule has 0 saturated carbocycles. The maximum absolute atomic E-state index is 13.1. The molecule has 0 atom stereocenters. The second kappa shape index (κ2) is 13.3. The van der Waals surface area contributed by atoms with Crippen LogP contribution in [0.1, 0.15) is 25.0 Å². The standard InChI is InChI=1S/C30H30N4O4S/c1-3-37-29-11-7-5-9-23(29)21-31-33-25-13-17-27(18-14-25)39(35,36)28-19-15-26(16-20-28)34-32-22-24-10-6-8-12-30(24)38-4-2/h5-22,33-34H,3-4H2,1-2H3. The number of sulfone groups is 1. The quantitative estimate of drug-likeness (QED) is 0.163. The summed E-state index contributed by atoms with van der Waals surface area (Å²) in [7, 11) is -3.69. The predicted molar refractivity (Wildman–Crippen MR) is 156 cm³/mol. The third-order valence-electron chi connectivity index (χ3n) is 5.56. The highest BCUT2D eigenvalue weighted by atomic mass is 32.2. The fourth-order valence-electron chi connectivity index (χ4n) is 3.65. The van der Waals surface area contributed by atoms with Gasteiger partial charge in [0.2, 0.25) is 9.84 Å². The van der Waals surface area contributed by atoms with Crippen molar-refractivity contribution in [3.63, 3.8) is 0 Å². The summed E-state index contributed by atoms with van der Waals surface area (Å²) in [6, 6.07) is 28.1. The molecule has 200 valence electrons. The lowest BCUT2D eigenvalue weighted by Crippen LogP contribution is -2.02. The average molecular weight is 543 g/mol. The molecule has 0 bridgehead atoms. The monoisotopic (exact) mass is 542 g/mol. The van der Waals surface area contributed by atoms with Crippen LogP contribution in [0.4, 0.5) is 11.4 Å². The Balaban J connectivity index is 1.38. The van der Waals surface area contributed by atoms with E-state index in [1.54, 1.807) is 61.0 Å². The Morgan fingerprint density at radius 3 is 1.38 bits per heavy atom. The normalized spacial score (nSPS) is 11.5. The Morgan fingerprint density at radius 2 is 1.00 bits per heavy atom. The predicted octanol–water partition coefficient (Wildman–Crippen LogP) is 6.21. The van der Waals surface area contributed by atoms with Gasteiger partial charge in [0.25, 0.3) is 0 Å². The Labute approximate surface area is 228 Å². The first-order valence-electron chi connectivity index (χ1n) is 12.5. The van der Waals surface area contributed by atoms with E-state index in [9.17, 15) is 8.42 Å². The molecule has 0 fully saturated rings. The molecular formula is C30H30N4O4S. The number of benzene rings is 4. The fraction of sp³-hybridized carbons (Fsp3) is 0.133. The molecule has 0 amide bonds. The zero-order valence-corrected chi connectivity index (χ0v) is 22.6. The van der Waals surface area contributed by atoms with Gasteiger partial charge in [0.05, 0.1) is 46.8 Å². The van der Waals surface area contributed by atoms with E-state index in [0.29, 0.717) is 24.6 Å². The summed E-state index contributed by atoms with van der Waals surface area (Å²) < 4.78 is 37.4. The number of hydrogen-bond donors (Lipinski definition) is 2. The molecule has 0 saturated heterocycles. The maximum Gasteiger partial charge on any atom is 0.206 e. The van der Waals surface area contributed by atoms with Crippen molar-refractivity contribution in [1.82, 2.24) is 0 Å². The van der Waals surface area contributed by atoms with Crippen LogP contribution in [0.25, 0.3) is 0 Å². The maximum atomic E-state index is 13.1. The van der Waals surface area contributed by atoms with Gasteiger partial charge in [-0.2, -0.15) is 10.2 Å². The van der Waals surface area contributed by atoms with Gasteiger partial charge in [-0.05, 0) is 86.6 Å². The average Bonchev–Trinajstić information content (AvgIpc) is 2.96. The largest absolute Gasteiger partial charge is 0.493 e. The second-order valence-electron chi connectivity index (χ2n) is 8.23. The van der Waals surface area contributed by atoms with Gasteiger partial charge in [-0.25, -0.2) is 8.42 Å². The summed E-state index contributed by atoms with van der Waals surface area (Å²) in [5, 5.41) is 8.48. The van der Waals surface area contributed by atoms with Gasteiger partial charge in [0.1, 0.15) is 11.5 Å². The molecule has 0 unspecified atom stereocenters. The van der Waals surface area contributed by atoms with E-state index >= 15 is 0 Å². The van der Waals surface area contributed by atoms with Crippen molar-refractivity contribution in [2.24, 2.45) is 10.2 Å². The van der Waals surface area contributed by atoms with E-state index in [-0.39, 0.29) is 9.79 Å². The molecule has 0 spiro atoms. The number of nitrogens with zero attached hydrogens (tertiary/aromatic N) is 2. The van der Waals surface area contributed by atoms with Crippen LogP contribution in [0.2, 0.25) is 0 Å². The highest BCUT2D eigenvalue weighted by molar-refractivity contribution is 7.91. The molecule has 0 aliphatic carbocycles. The van der Waals surface area contributed by atoms with Gasteiger partial charge in [0, 0.05) is 11.1 Å². The molecule has 0 aliphatic rings. The molecule has 0 heterocycles. The minimum atomic E-state index is -3.69. The summed E-state index contributed by atoms with van der Waals surface area (Å²) in [6.07, 6.45) is 3.32. The van der Waals surface area contributed by atoms with Crippen molar-refractivity contribution in [2.75, 3.05) is 24.1 Å². The summed E-state index contributed by atoms with van der Waals surface area (Å²) in [5.41, 5.74) is 8.83. The van der Waals surface area contributed by atoms with Crippen LogP contribution >= 0.6 is 0 Å². The molecule has 4 aromatic carbocycles. The Bertz CT molecular complexity index is 1420. The molecule has 9 heteroatoms. The highest BCUT2D eigenvalue weighted by Gasteiger charge is 2.17. The summed E-state index contributed by atoms with van der Waals surface area (Å²) in [5.74, 6) is 1.49. The lowest BCUT2D eigenvalue weighted by atomic mass is 10.2. The first-order valence-corrected chi connectivity index (χ1v) is 14.0. The first-order chi connectivity index (χ1) is 19.0. The van der Waals surface area contributed by atoms with Crippen LogP contribution in [0.5, 0.6) is 11.5 Å². The van der Waals surface area contributed by atoms with Crippen LogP contribution in [0.3, 0.4) is 0 Å². The van der Waals surface area contributed by atoms with Crippen LogP contribution in [0, 0.1) is 0 Å². The smallest absolute Gasteiger partial charge is 0.206 e. The van der Waals surface area contributed by atoms with Crippen molar-refractivity contribution in [2.45, 2.75) is 23.6 Å². The zero-order chi connectivity index (χ0) is 27.5. The van der Waals surface area contributed by atoms with Crippen molar-refractivity contribution < 1.29 is 17.9 Å². The molecule has 2 N–H and O–H groups in total. The Hall–Kier alpha value is -4.63. The number of nitrogens with one attached hydrogen (secondary N) is 2. The summed E-state index contributed by atoms with van der Waals surface area (Å²) in [6.45, 7) is 4.97. The first kappa shape index (κ1) is 27.4. The van der Waals surface area contributed by atoms with Crippen LogP contribution in [-0.4, -0.2) is 34.1 Å². The Morgan fingerprint density at radius 1 is 0.615 bits per heavy atom. The topological polar surface area (TPSA) is 101 Å². The summed E-state index contributed by atoms with van der Waals surface area (Å²) in [4.78, 5) is 0.370. The van der Waals surface area contributed by atoms with Gasteiger partial charge in [-0.15, -0.1) is 0 Å². The minimum Gasteiger partial charge on any atom is -0.493 e. The van der Waals surface area contributed by atoms with E-state index in [4.69, 9.17) is 9.47 Å². The molecule has 0 radical (unpaired) electrons. The van der Waals surface area contributed by atoms with Crippen molar-refractivity contribution in [3.8, 4) is 11.5 Å². The number of hydrazone groups is 2. The van der Waals surface area contributed by atoms with Crippen molar-refractivity contribution in [1.29, 1.82) is 0 Å².